The molecule has 0 saturated carbocycles. The lowest BCUT2D eigenvalue weighted by molar-refractivity contribution is 0.660. The molecule has 0 N–H and O–H groups in total. The van der Waals surface area contributed by atoms with E-state index >= 15 is 0 Å². The van der Waals surface area contributed by atoms with E-state index in [4.69, 9.17) is 8.83 Å². The Morgan fingerprint density at radius 3 is 2.15 bits per heavy atom. The minimum absolute atomic E-state index is 0.0209. The third-order valence-corrected chi connectivity index (χ3v) is 8.87. The van der Waals surface area contributed by atoms with E-state index in [9.17, 15) is 0 Å². The van der Waals surface area contributed by atoms with Crippen LogP contribution in [0.1, 0.15) is 25.0 Å². The third-order valence-electron chi connectivity index (χ3n) is 8.87. The van der Waals surface area contributed by atoms with Crippen molar-refractivity contribution in [3.8, 4) is 22.3 Å². The quantitative estimate of drug-likeness (QED) is 0.224. The van der Waals surface area contributed by atoms with Gasteiger partial charge >= 0.3 is 0 Å². The van der Waals surface area contributed by atoms with Gasteiger partial charge in [-0.3, -0.25) is 0 Å². The smallest absolute Gasteiger partial charge is 0.136 e. The van der Waals surface area contributed by atoms with Gasteiger partial charge in [-0.2, -0.15) is 0 Å². The Morgan fingerprint density at radius 1 is 0.462 bits per heavy atom. The highest BCUT2D eigenvalue weighted by atomic mass is 16.3. The van der Waals surface area contributed by atoms with E-state index in [0.717, 1.165) is 49.3 Å². The highest BCUT2D eigenvalue weighted by Gasteiger charge is 2.35. The minimum Gasteiger partial charge on any atom is -0.456 e. The zero-order chi connectivity index (χ0) is 25.9. The molecular formula is C37H24O2. The fourth-order valence-electron chi connectivity index (χ4n) is 6.88. The van der Waals surface area contributed by atoms with Gasteiger partial charge in [-0.15, -0.1) is 0 Å². The molecule has 0 atom stereocenters. The van der Waals surface area contributed by atoms with E-state index in [2.05, 4.69) is 111 Å². The van der Waals surface area contributed by atoms with Crippen molar-refractivity contribution in [2.45, 2.75) is 19.3 Å². The van der Waals surface area contributed by atoms with Crippen LogP contribution in [-0.4, -0.2) is 0 Å². The Kier molecular flexibility index (Phi) is 3.89. The molecule has 0 saturated heterocycles. The van der Waals surface area contributed by atoms with Crippen LogP contribution in [0.2, 0.25) is 0 Å². The van der Waals surface area contributed by atoms with Crippen LogP contribution in [0.3, 0.4) is 0 Å². The minimum atomic E-state index is -0.0209. The van der Waals surface area contributed by atoms with Gasteiger partial charge in [0, 0.05) is 27.0 Å². The molecule has 0 fully saturated rings. The van der Waals surface area contributed by atoms with Crippen molar-refractivity contribution >= 4 is 54.6 Å². The van der Waals surface area contributed by atoms with Gasteiger partial charge in [0.15, 0.2) is 0 Å². The summed E-state index contributed by atoms with van der Waals surface area (Å²) in [6.07, 6.45) is 0. The van der Waals surface area contributed by atoms with Gasteiger partial charge in [0.25, 0.3) is 0 Å². The van der Waals surface area contributed by atoms with E-state index in [1.54, 1.807) is 0 Å². The number of hydrogen-bond donors (Lipinski definition) is 0. The molecule has 6 aromatic carbocycles. The van der Waals surface area contributed by atoms with Crippen LogP contribution >= 0.6 is 0 Å². The van der Waals surface area contributed by atoms with Crippen molar-refractivity contribution in [2.24, 2.45) is 0 Å². The van der Waals surface area contributed by atoms with Gasteiger partial charge < -0.3 is 8.83 Å². The van der Waals surface area contributed by atoms with Gasteiger partial charge in [0.1, 0.15) is 22.3 Å². The summed E-state index contributed by atoms with van der Waals surface area (Å²) in [4.78, 5) is 0. The summed E-state index contributed by atoms with van der Waals surface area (Å²) in [5.41, 5.74) is 11.5. The van der Waals surface area contributed by atoms with Crippen molar-refractivity contribution in [3.05, 3.63) is 120 Å². The summed E-state index contributed by atoms with van der Waals surface area (Å²) in [5, 5.41) is 6.92. The molecule has 0 radical (unpaired) electrons. The van der Waals surface area contributed by atoms with Crippen LogP contribution in [0.25, 0.3) is 76.9 Å². The molecule has 2 heteroatoms. The summed E-state index contributed by atoms with van der Waals surface area (Å²) < 4.78 is 12.6. The van der Waals surface area contributed by atoms with Crippen molar-refractivity contribution in [1.29, 1.82) is 0 Å². The molecule has 2 heterocycles. The second-order valence-electron chi connectivity index (χ2n) is 11.4. The number of furan rings is 2. The van der Waals surface area contributed by atoms with Crippen LogP contribution in [-0.2, 0) is 5.41 Å². The van der Waals surface area contributed by atoms with Gasteiger partial charge in [-0.25, -0.2) is 0 Å². The molecule has 39 heavy (non-hydrogen) atoms. The first-order valence-corrected chi connectivity index (χ1v) is 13.5. The number of hydrogen-bond acceptors (Lipinski definition) is 2. The Morgan fingerprint density at radius 2 is 1.21 bits per heavy atom. The number of para-hydroxylation sites is 1. The average Bonchev–Trinajstić information content (AvgIpc) is 3.59. The van der Waals surface area contributed by atoms with Gasteiger partial charge in [-0.05, 0) is 86.6 Å². The Bertz CT molecular complexity index is 2310. The molecule has 0 spiro atoms. The van der Waals surface area contributed by atoms with Crippen molar-refractivity contribution in [2.75, 3.05) is 0 Å². The maximum Gasteiger partial charge on any atom is 0.136 e. The van der Waals surface area contributed by atoms with Crippen LogP contribution in [0.5, 0.6) is 0 Å². The van der Waals surface area contributed by atoms with Crippen LogP contribution in [0.4, 0.5) is 0 Å². The average molecular weight is 501 g/mol. The summed E-state index contributed by atoms with van der Waals surface area (Å²) in [5.74, 6) is 0. The molecule has 8 aromatic rings. The standard InChI is InChI=1S/C37H24O2/c1-37(2)30-9-5-3-7-24(30)25-14-11-21(17-31(25)37)22-12-15-27-34(18-22)39-33-16-13-23-19-35-29(20-28(23)36(27)33)26-8-4-6-10-32(26)38-35/h3-20H,1-2H3. The van der Waals surface area contributed by atoms with E-state index in [1.165, 1.54) is 38.8 Å². The van der Waals surface area contributed by atoms with Gasteiger partial charge in [0.2, 0.25) is 0 Å². The topological polar surface area (TPSA) is 26.3 Å². The summed E-state index contributed by atoms with van der Waals surface area (Å²) >= 11 is 0. The number of rotatable bonds is 1. The number of benzene rings is 6. The van der Waals surface area contributed by atoms with Crippen molar-refractivity contribution in [1.82, 2.24) is 0 Å². The molecule has 0 amide bonds. The van der Waals surface area contributed by atoms with Crippen LogP contribution in [0.15, 0.2) is 118 Å². The zero-order valence-electron chi connectivity index (χ0n) is 21.7. The first kappa shape index (κ1) is 21.2. The monoisotopic (exact) mass is 500 g/mol. The lowest BCUT2D eigenvalue weighted by Gasteiger charge is -2.22. The fraction of sp³-hybridized carbons (Fsp3) is 0.0811. The maximum atomic E-state index is 6.46. The fourth-order valence-corrected chi connectivity index (χ4v) is 6.88. The van der Waals surface area contributed by atoms with Gasteiger partial charge in [0.05, 0.1) is 0 Å². The Labute approximate surface area is 225 Å². The molecule has 0 bridgehead atoms. The lowest BCUT2D eigenvalue weighted by atomic mass is 9.81. The first-order valence-electron chi connectivity index (χ1n) is 13.5. The maximum absolute atomic E-state index is 6.46. The molecule has 184 valence electrons. The lowest BCUT2D eigenvalue weighted by Crippen LogP contribution is -2.14. The molecule has 2 nitrogen and oxygen atoms in total. The Balaban J connectivity index is 1.24. The first-order chi connectivity index (χ1) is 19.1. The third kappa shape index (κ3) is 2.76. The summed E-state index contributed by atoms with van der Waals surface area (Å²) in [7, 11) is 0. The van der Waals surface area contributed by atoms with Crippen LogP contribution in [0, 0.1) is 0 Å². The summed E-state index contributed by atoms with van der Waals surface area (Å²) in [6, 6.07) is 39.2. The molecular weight excluding hydrogens is 476 g/mol. The number of fused-ring (bicyclic) bond motifs is 11. The second-order valence-corrected chi connectivity index (χ2v) is 11.4. The van der Waals surface area contributed by atoms with E-state index in [0.29, 0.717) is 0 Å². The highest BCUT2D eigenvalue weighted by molar-refractivity contribution is 6.22. The van der Waals surface area contributed by atoms with E-state index in [-0.39, 0.29) is 5.41 Å². The highest BCUT2D eigenvalue weighted by Crippen LogP contribution is 2.49. The Hall–Kier alpha value is -4.82. The molecule has 0 unspecified atom stereocenters. The normalized spacial score (nSPS) is 14.1. The summed E-state index contributed by atoms with van der Waals surface area (Å²) in [6.45, 7) is 4.66. The zero-order valence-corrected chi connectivity index (χ0v) is 21.7. The molecule has 1 aliphatic rings. The van der Waals surface area contributed by atoms with E-state index < -0.39 is 0 Å². The van der Waals surface area contributed by atoms with Crippen molar-refractivity contribution in [3.63, 3.8) is 0 Å². The SMILES string of the molecule is CC1(C)c2ccccc2-c2ccc(-c3ccc4c(c3)oc3ccc5cc6oc7ccccc7c6cc5c34)cc21. The largest absolute Gasteiger partial charge is 0.456 e. The second kappa shape index (κ2) is 7.18. The molecule has 2 aromatic heterocycles. The molecule has 1 aliphatic carbocycles. The van der Waals surface area contributed by atoms with Crippen molar-refractivity contribution < 1.29 is 8.83 Å². The van der Waals surface area contributed by atoms with Crippen LogP contribution < -0.4 is 0 Å². The molecule has 9 rings (SSSR count). The predicted octanol–water partition coefficient (Wildman–Crippen LogP) is 10.6. The predicted molar refractivity (Wildman–Crippen MR) is 162 cm³/mol. The van der Waals surface area contributed by atoms with Gasteiger partial charge in [-0.1, -0.05) is 80.6 Å². The van der Waals surface area contributed by atoms with E-state index in [1.807, 2.05) is 12.1 Å². The molecule has 0 aliphatic heterocycles.